The summed E-state index contributed by atoms with van der Waals surface area (Å²) in [6.07, 6.45) is 4.47. The Morgan fingerprint density at radius 1 is 0.957 bits per heavy atom. The topological polar surface area (TPSA) is 26.3 Å². The smallest absolute Gasteiger partial charge is 0.347 e. The van der Waals surface area contributed by atoms with Crippen molar-refractivity contribution in [3.63, 3.8) is 0 Å². The third kappa shape index (κ3) is 4.55. The lowest BCUT2D eigenvalue weighted by Gasteiger charge is -2.10. The van der Waals surface area contributed by atoms with Crippen LogP contribution in [0.4, 0.5) is 0 Å². The van der Waals surface area contributed by atoms with Crippen LogP contribution in [0, 0.1) is 0 Å². The largest absolute Gasteiger partial charge is 0.391 e. The van der Waals surface area contributed by atoms with Crippen molar-refractivity contribution < 1.29 is 7.86 Å². The maximum Gasteiger partial charge on any atom is 0.347 e. The van der Waals surface area contributed by atoms with E-state index in [1.807, 2.05) is 38.1 Å². The molecule has 2 nitrogen and oxygen atoms in total. The predicted octanol–water partition coefficient (Wildman–Crippen LogP) is 5.68. The first kappa shape index (κ1) is 17.5. The summed E-state index contributed by atoms with van der Waals surface area (Å²) in [5, 5.41) is 0. The summed E-state index contributed by atoms with van der Waals surface area (Å²) >= 11 is 1.63. The quantitative estimate of drug-likeness (QED) is 0.355. The standard InChI is InChI=1S/C20H19IO2/c1-3-16(19(4-2)20(22)23-21)14-15-10-12-18(13-11-15)17-8-6-5-7-9-17/h3-13H,14H2,1-2H3/b16-3-,19-4+. The van der Waals surface area contributed by atoms with E-state index >= 15 is 0 Å². The van der Waals surface area contributed by atoms with E-state index in [2.05, 4.69) is 36.4 Å². The molecule has 23 heavy (non-hydrogen) atoms. The fourth-order valence-electron chi connectivity index (χ4n) is 2.49. The third-order valence-electron chi connectivity index (χ3n) is 3.73. The van der Waals surface area contributed by atoms with Gasteiger partial charge in [0.2, 0.25) is 0 Å². The molecule has 0 unspecified atom stereocenters. The van der Waals surface area contributed by atoms with Gasteiger partial charge in [0.25, 0.3) is 0 Å². The van der Waals surface area contributed by atoms with E-state index in [9.17, 15) is 4.79 Å². The monoisotopic (exact) mass is 418 g/mol. The second-order valence-electron chi connectivity index (χ2n) is 5.12. The molecule has 0 aliphatic rings. The highest BCUT2D eigenvalue weighted by molar-refractivity contribution is 14.1. The SMILES string of the molecule is C/C=C(Cc1ccc(-c2ccccc2)cc1)\C(=C/C)C(=O)OI. The van der Waals surface area contributed by atoms with Crippen LogP contribution in [0.15, 0.2) is 77.9 Å². The van der Waals surface area contributed by atoms with Gasteiger partial charge in [0.1, 0.15) is 0 Å². The summed E-state index contributed by atoms with van der Waals surface area (Å²) in [5.41, 5.74) is 5.15. The van der Waals surface area contributed by atoms with Crippen molar-refractivity contribution in [1.29, 1.82) is 0 Å². The molecule has 0 aromatic heterocycles. The van der Waals surface area contributed by atoms with Crippen LogP contribution in [0.3, 0.4) is 0 Å². The van der Waals surface area contributed by atoms with Crippen LogP contribution in [-0.2, 0) is 14.3 Å². The molecule has 0 fully saturated rings. The summed E-state index contributed by atoms with van der Waals surface area (Å²) < 4.78 is 4.82. The van der Waals surface area contributed by atoms with Crippen molar-refractivity contribution >= 4 is 29.0 Å². The summed E-state index contributed by atoms with van der Waals surface area (Å²) in [5.74, 6) is -0.304. The van der Waals surface area contributed by atoms with Gasteiger partial charge < -0.3 is 3.07 Å². The second kappa shape index (κ2) is 8.67. The molecule has 2 rings (SSSR count). The first-order chi connectivity index (χ1) is 11.2. The van der Waals surface area contributed by atoms with Gasteiger partial charge in [0.15, 0.2) is 23.0 Å². The van der Waals surface area contributed by atoms with Gasteiger partial charge in [-0.05, 0) is 42.5 Å². The van der Waals surface area contributed by atoms with Crippen molar-refractivity contribution in [1.82, 2.24) is 0 Å². The lowest BCUT2D eigenvalue weighted by molar-refractivity contribution is -0.127. The number of carbonyl (C=O) groups is 1. The van der Waals surface area contributed by atoms with Crippen LogP contribution in [0.2, 0.25) is 0 Å². The van der Waals surface area contributed by atoms with E-state index in [-0.39, 0.29) is 5.97 Å². The molecule has 0 heterocycles. The Morgan fingerprint density at radius 3 is 2.09 bits per heavy atom. The van der Waals surface area contributed by atoms with E-state index in [0.717, 1.165) is 5.57 Å². The van der Waals surface area contributed by atoms with Crippen LogP contribution in [0.25, 0.3) is 11.1 Å². The molecule has 0 saturated heterocycles. The molecule has 0 amide bonds. The molecule has 3 heteroatoms. The fourth-order valence-corrected chi connectivity index (χ4v) is 2.73. The Kier molecular flexibility index (Phi) is 6.59. The molecule has 2 aromatic carbocycles. The van der Waals surface area contributed by atoms with Crippen LogP contribution >= 0.6 is 23.0 Å². The maximum atomic E-state index is 11.8. The average Bonchev–Trinajstić information content (AvgIpc) is 2.62. The minimum atomic E-state index is -0.304. The molecule has 0 spiro atoms. The maximum absolute atomic E-state index is 11.8. The highest BCUT2D eigenvalue weighted by Gasteiger charge is 2.14. The number of halogens is 1. The molecule has 0 saturated carbocycles. The van der Waals surface area contributed by atoms with Gasteiger partial charge in [0.05, 0.1) is 5.57 Å². The number of carbonyl (C=O) groups excluding carboxylic acids is 1. The Hall–Kier alpha value is -1.88. The normalized spacial score (nSPS) is 12.1. The lowest BCUT2D eigenvalue weighted by atomic mass is 9.96. The third-order valence-corrected chi connectivity index (χ3v) is 4.13. The van der Waals surface area contributed by atoms with Gasteiger partial charge in [0, 0.05) is 0 Å². The van der Waals surface area contributed by atoms with Gasteiger partial charge in [-0.25, -0.2) is 4.79 Å². The Labute approximate surface area is 151 Å². The summed E-state index contributed by atoms with van der Waals surface area (Å²) in [7, 11) is 0. The van der Waals surface area contributed by atoms with Crippen LogP contribution in [-0.4, -0.2) is 5.97 Å². The highest BCUT2D eigenvalue weighted by atomic mass is 127. The first-order valence-corrected chi connectivity index (χ1v) is 8.36. The van der Waals surface area contributed by atoms with Crippen LogP contribution < -0.4 is 0 Å². The highest BCUT2D eigenvalue weighted by Crippen LogP contribution is 2.23. The summed E-state index contributed by atoms with van der Waals surface area (Å²) in [6.45, 7) is 3.79. The molecule has 0 aliphatic heterocycles. The number of hydrogen-bond acceptors (Lipinski definition) is 2. The second-order valence-corrected chi connectivity index (χ2v) is 5.56. The number of benzene rings is 2. The average molecular weight is 418 g/mol. The van der Waals surface area contributed by atoms with Crippen LogP contribution in [0.1, 0.15) is 19.4 Å². The van der Waals surface area contributed by atoms with Crippen molar-refractivity contribution in [2.45, 2.75) is 20.3 Å². The molecule has 0 aliphatic carbocycles. The Balaban J connectivity index is 2.18. The fraction of sp³-hybridized carbons (Fsp3) is 0.150. The number of rotatable bonds is 5. The van der Waals surface area contributed by atoms with E-state index in [1.165, 1.54) is 16.7 Å². The summed E-state index contributed by atoms with van der Waals surface area (Å²) in [6, 6.07) is 18.7. The van der Waals surface area contributed by atoms with Crippen molar-refractivity contribution in [2.24, 2.45) is 0 Å². The minimum absolute atomic E-state index is 0.304. The predicted molar refractivity (Wildman–Crippen MR) is 103 cm³/mol. The van der Waals surface area contributed by atoms with Crippen LogP contribution in [0.5, 0.6) is 0 Å². The Morgan fingerprint density at radius 2 is 1.57 bits per heavy atom. The van der Waals surface area contributed by atoms with Crippen molar-refractivity contribution in [2.75, 3.05) is 0 Å². The lowest BCUT2D eigenvalue weighted by Crippen LogP contribution is -2.06. The molecule has 2 aromatic rings. The van der Waals surface area contributed by atoms with Gasteiger partial charge in [-0.2, -0.15) is 0 Å². The van der Waals surface area contributed by atoms with E-state index in [0.29, 0.717) is 12.0 Å². The van der Waals surface area contributed by atoms with E-state index < -0.39 is 0 Å². The molecule has 0 bridgehead atoms. The zero-order valence-corrected chi connectivity index (χ0v) is 15.4. The minimum Gasteiger partial charge on any atom is -0.391 e. The zero-order chi connectivity index (χ0) is 16.7. The van der Waals surface area contributed by atoms with Gasteiger partial charge in [-0.3, -0.25) is 0 Å². The number of hydrogen-bond donors (Lipinski definition) is 0. The number of allylic oxidation sites excluding steroid dienone is 2. The molecular formula is C20H19IO2. The zero-order valence-electron chi connectivity index (χ0n) is 13.3. The van der Waals surface area contributed by atoms with Crippen molar-refractivity contribution in [3.8, 4) is 11.1 Å². The van der Waals surface area contributed by atoms with E-state index in [1.54, 1.807) is 29.1 Å². The molecular weight excluding hydrogens is 399 g/mol. The molecule has 0 radical (unpaired) electrons. The van der Waals surface area contributed by atoms with E-state index in [4.69, 9.17) is 3.07 Å². The summed E-state index contributed by atoms with van der Waals surface area (Å²) in [4.78, 5) is 11.8. The van der Waals surface area contributed by atoms with Gasteiger partial charge in [-0.1, -0.05) is 66.7 Å². The molecule has 0 N–H and O–H groups in total. The first-order valence-electron chi connectivity index (χ1n) is 7.48. The van der Waals surface area contributed by atoms with Gasteiger partial charge >= 0.3 is 5.97 Å². The van der Waals surface area contributed by atoms with Gasteiger partial charge in [-0.15, -0.1) is 0 Å². The Bertz CT molecular complexity index is 713. The molecule has 118 valence electrons. The molecule has 0 atom stereocenters. The van der Waals surface area contributed by atoms with Crippen molar-refractivity contribution in [3.05, 3.63) is 83.5 Å².